The van der Waals surface area contributed by atoms with Crippen LogP contribution < -0.4 is 5.32 Å². The number of nitrogens with one attached hydrogen (secondary N) is 1. The highest BCUT2D eigenvalue weighted by Gasteiger charge is 2.16. The fourth-order valence-corrected chi connectivity index (χ4v) is 1.31. The van der Waals surface area contributed by atoms with E-state index in [2.05, 4.69) is 33.9 Å². The Hall–Kier alpha value is -0.0151. The van der Waals surface area contributed by atoms with Gasteiger partial charge in [-0.2, -0.15) is 0 Å². The second-order valence-corrected chi connectivity index (χ2v) is 3.82. The van der Waals surface area contributed by atoms with Crippen LogP contribution >= 0.6 is 0 Å². The zero-order chi connectivity index (χ0) is 8.20. The molecular weight excluding hydrogens is 125 g/mol. The number of hydrogen-bond donors (Lipinski definition) is 2. The first-order chi connectivity index (χ1) is 4.48. The van der Waals surface area contributed by atoms with Crippen LogP contribution in [0.25, 0.3) is 0 Å². The highest BCUT2D eigenvalue weighted by atomic mass is 16.3. The maximum atomic E-state index is 8.60. The molecule has 2 nitrogen and oxygen atoms in total. The summed E-state index contributed by atoms with van der Waals surface area (Å²) >= 11 is 0. The molecule has 0 aromatic rings. The van der Waals surface area contributed by atoms with Crippen molar-refractivity contribution in [2.24, 2.45) is 0 Å². The van der Waals surface area contributed by atoms with E-state index in [9.17, 15) is 0 Å². The van der Waals surface area contributed by atoms with E-state index in [4.69, 9.17) is 5.11 Å². The van der Waals surface area contributed by atoms with E-state index in [1.54, 1.807) is 0 Å². The summed E-state index contributed by atoms with van der Waals surface area (Å²) in [7, 11) is 2.18. The molecule has 1 atom stereocenters. The Morgan fingerprint density at radius 1 is 1.60 bits per heavy atom. The van der Waals surface area contributed by atoms with Crippen LogP contribution in [0.2, 0.25) is 5.82 Å². The van der Waals surface area contributed by atoms with Gasteiger partial charge in [-0.3, -0.25) is 5.32 Å². The maximum Gasteiger partial charge on any atom is 0.105 e. The van der Waals surface area contributed by atoms with Crippen molar-refractivity contribution < 1.29 is 5.11 Å². The molecular formula is C7H18BNO. The van der Waals surface area contributed by atoms with E-state index in [0.29, 0.717) is 5.82 Å². The Kier molecular flexibility index (Phi) is 3.98. The fourth-order valence-electron chi connectivity index (χ4n) is 1.31. The van der Waals surface area contributed by atoms with E-state index in [1.807, 2.05) is 0 Å². The molecule has 3 heteroatoms. The van der Waals surface area contributed by atoms with Crippen molar-refractivity contribution in [1.82, 2.24) is 5.32 Å². The number of aliphatic hydroxyl groups excluding tert-OH is 1. The zero-order valence-electron chi connectivity index (χ0n) is 7.44. The van der Waals surface area contributed by atoms with Crippen molar-refractivity contribution >= 4 is 7.85 Å². The molecule has 1 unspecified atom stereocenters. The molecule has 0 aliphatic heterocycles. The van der Waals surface area contributed by atoms with E-state index >= 15 is 0 Å². The average Bonchev–Trinajstić information content (AvgIpc) is 1.59. The monoisotopic (exact) mass is 143 g/mol. The molecule has 2 N–H and O–H groups in total. The third kappa shape index (κ3) is 4.83. The van der Waals surface area contributed by atoms with Crippen LogP contribution in [-0.4, -0.2) is 25.2 Å². The number of rotatable bonds is 4. The van der Waals surface area contributed by atoms with Gasteiger partial charge in [0.05, 0.1) is 6.73 Å². The Morgan fingerprint density at radius 3 is 2.40 bits per heavy atom. The summed E-state index contributed by atoms with van der Waals surface area (Å²) in [6.45, 7) is 6.45. The van der Waals surface area contributed by atoms with Crippen LogP contribution in [0.15, 0.2) is 0 Å². The first-order valence-electron chi connectivity index (χ1n) is 3.84. The fraction of sp³-hybridized carbons (Fsp3) is 1.00. The minimum atomic E-state index is 0.0692. The second kappa shape index (κ2) is 3.99. The molecule has 0 aromatic heterocycles. The molecule has 0 saturated carbocycles. The molecule has 0 rings (SSSR count). The maximum absolute atomic E-state index is 8.60. The SMILES string of the molecule is BC(C)CC(C)(C)NCO. The Bertz CT molecular complexity index is 93.6. The minimum Gasteiger partial charge on any atom is -0.381 e. The normalized spacial score (nSPS) is 15.2. The van der Waals surface area contributed by atoms with Gasteiger partial charge in [-0.1, -0.05) is 12.7 Å². The van der Waals surface area contributed by atoms with Crippen molar-refractivity contribution in [3.63, 3.8) is 0 Å². The lowest BCUT2D eigenvalue weighted by atomic mass is 9.79. The molecule has 60 valence electrons. The van der Waals surface area contributed by atoms with Crippen molar-refractivity contribution in [3.8, 4) is 0 Å². The van der Waals surface area contributed by atoms with Gasteiger partial charge < -0.3 is 5.11 Å². The molecule has 0 aliphatic rings. The molecule has 0 amide bonds. The smallest absolute Gasteiger partial charge is 0.105 e. The van der Waals surface area contributed by atoms with Crippen LogP contribution in [0, 0.1) is 0 Å². The largest absolute Gasteiger partial charge is 0.381 e. The van der Waals surface area contributed by atoms with Crippen molar-refractivity contribution in [2.75, 3.05) is 6.73 Å². The van der Waals surface area contributed by atoms with Crippen LogP contribution in [0.5, 0.6) is 0 Å². The molecule has 0 fully saturated rings. The molecule has 0 saturated heterocycles. The van der Waals surface area contributed by atoms with Crippen LogP contribution in [0.1, 0.15) is 27.2 Å². The second-order valence-electron chi connectivity index (χ2n) is 3.82. The molecule has 0 spiro atoms. The first-order valence-corrected chi connectivity index (χ1v) is 3.84. The Morgan fingerprint density at radius 2 is 2.10 bits per heavy atom. The molecule has 0 aromatic carbocycles. The standard InChI is InChI=1S/C7H18BNO/c1-6(8)4-7(2,3)9-5-10/h6,9-10H,4-5,8H2,1-3H3. The third-order valence-electron chi connectivity index (χ3n) is 1.48. The zero-order valence-corrected chi connectivity index (χ0v) is 7.44. The molecule has 10 heavy (non-hydrogen) atoms. The lowest BCUT2D eigenvalue weighted by molar-refractivity contribution is 0.203. The lowest BCUT2D eigenvalue weighted by Crippen LogP contribution is -2.40. The first kappa shape index (κ1) is 9.98. The molecule has 0 bridgehead atoms. The molecule has 0 heterocycles. The third-order valence-corrected chi connectivity index (χ3v) is 1.48. The highest BCUT2D eigenvalue weighted by molar-refractivity contribution is 6.11. The molecule has 0 aliphatic carbocycles. The molecule has 0 radical (unpaired) electrons. The van der Waals surface area contributed by atoms with E-state index < -0.39 is 0 Å². The summed E-state index contributed by atoms with van der Waals surface area (Å²) in [5, 5.41) is 11.6. The van der Waals surface area contributed by atoms with Gasteiger partial charge in [0.15, 0.2) is 0 Å². The number of hydrogen-bond acceptors (Lipinski definition) is 2. The van der Waals surface area contributed by atoms with E-state index in [-0.39, 0.29) is 12.3 Å². The minimum absolute atomic E-state index is 0.0692. The topological polar surface area (TPSA) is 32.3 Å². The van der Waals surface area contributed by atoms with Gasteiger partial charge in [0.25, 0.3) is 0 Å². The predicted octanol–water partition coefficient (Wildman–Crippen LogP) is 0.136. The van der Waals surface area contributed by atoms with Gasteiger partial charge in [0.2, 0.25) is 0 Å². The van der Waals surface area contributed by atoms with Gasteiger partial charge in [-0.15, -0.1) is 0 Å². The van der Waals surface area contributed by atoms with Crippen molar-refractivity contribution in [3.05, 3.63) is 0 Å². The summed E-state index contributed by atoms with van der Waals surface area (Å²) in [6.07, 6.45) is 1.09. The quantitative estimate of drug-likeness (QED) is 0.433. The Labute approximate surface area is 64.4 Å². The van der Waals surface area contributed by atoms with E-state index in [1.165, 1.54) is 0 Å². The summed E-state index contributed by atoms with van der Waals surface area (Å²) in [5.74, 6) is 0.675. The van der Waals surface area contributed by atoms with Gasteiger partial charge in [-0.05, 0) is 20.3 Å². The van der Waals surface area contributed by atoms with Crippen molar-refractivity contribution in [2.45, 2.75) is 38.5 Å². The summed E-state index contributed by atoms with van der Waals surface area (Å²) in [6, 6.07) is 0. The van der Waals surface area contributed by atoms with Crippen LogP contribution in [-0.2, 0) is 0 Å². The van der Waals surface area contributed by atoms with Gasteiger partial charge in [0, 0.05) is 5.54 Å². The van der Waals surface area contributed by atoms with Crippen LogP contribution in [0.4, 0.5) is 0 Å². The lowest BCUT2D eigenvalue weighted by Gasteiger charge is -2.27. The van der Waals surface area contributed by atoms with Gasteiger partial charge >= 0.3 is 0 Å². The van der Waals surface area contributed by atoms with Gasteiger partial charge in [0.1, 0.15) is 7.85 Å². The summed E-state index contributed by atoms with van der Waals surface area (Å²) in [5.41, 5.74) is 0.0723. The van der Waals surface area contributed by atoms with Crippen molar-refractivity contribution in [1.29, 1.82) is 0 Å². The predicted molar refractivity (Wildman–Crippen MR) is 46.9 cm³/mol. The Balaban J connectivity index is 3.63. The summed E-state index contributed by atoms with van der Waals surface area (Å²) < 4.78 is 0. The van der Waals surface area contributed by atoms with E-state index in [0.717, 1.165) is 6.42 Å². The summed E-state index contributed by atoms with van der Waals surface area (Å²) in [4.78, 5) is 0. The van der Waals surface area contributed by atoms with Crippen LogP contribution in [0.3, 0.4) is 0 Å². The average molecular weight is 143 g/mol. The van der Waals surface area contributed by atoms with Gasteiger partial charge in [-0.25, -0.2) is 0 Å². The highest BCUT2D eigenvalue weighted by Crippen LogP contribution is 2.16. The number of aliphatic hydroxyl groups is 1.